The summed E-state index contributed by atoms with van der Waals surface area (Å²) in [7, 11) is 3.08. The molecule has 2 aromatic carbocycles. The Morgan fingerprint density at radius 3 is 2.59 bits per heavy atom. The second-order valence-electron chi connectivity index (χ2n) is 5.86. The lowest BCUT2D eigenvalue weighted by molar-refractivity contribution is 0.102. The second kappa shape index (κ2) is 9.14. The highest BCUT2D eigenvalue weighted by atomic mass is 32.1. The normalized spacial score (nSPS) is 10.4. The van der Waals surface area contributed by atoms with Gasteiger partial charge in [0, 0.05) is 12.5 Å². The van der Waals surface area contributed by atoms with Crippen LogP contribution in [0.4, 0.5) is 5.13 Å². The number of rotatable bonds is 8. The molecule has 7 heteroatoms. The number of anilines is 1. The van der Waals surface area contributed by atoms with Gasteiger partial charge in [-0.3, -0.25) is 10.1 Å². The molecule has 0 aliphatic carbocycles. The first-order valence-corrected chi connectivity index (χ1v) is 9.41. The van der Waals surface area contributed by atoms with Crippen molar-refractivity contribution >= 4 is 22.4 Å². The zero-order chi connectivity index (χ0) is 19.1. The Balaban J connectivity index is 1.58. The van der Waals surface area contributed by atoms with E-state index in [-0.39, 0.29) is 5.91 Å². The van der Waals surface area contributed by atoms with Gasteiger partial charge in [0.15, 0.2) is 0 Å². The number of ether oxygens (including phenoxy) is 2. The Labute approximate surface area is 162 Å². The van der Waals surface area contributed by atoms with E-state index >= 15 is 0 Å². The molecule has 0 saturated heterocycles. The quantitative estimate of drug-likeness (QED) is 0.637. The van der Waals surface area contributed by atoms with Gasteiger partial charge in [-0.1, -0.05) is 41.7 Å². The number of aromatic nitrogens is 2. The summed E-state index contributed by atoms with van der Waals surface area (Å²) in [5, 5.41) is 12.4. The number of nitrogens with one attached hydrogen (secondary N) is 1. The summed E-state index contributed by atoms with van der Waals surface area (Å²) in [6, 6.07) is 15.4. The Morgan fingerprint density at radius 1 is 1.04 bits per heavy atom. The van der Waals surface area contributed by atoms with Crippen molar-refractivity contribution in [3.05, 3.63) is 64.7 Å². The van der Waals surface area contributed by atoms with Gasteiger partial charge in [-0.15, -0.1) is 10.2 Å². The van der Waals surface area contributed by atoms with Crippen LogP contribution in [0.2, 0.25) is 0 Å². The van der Waals surface area contributed by atoms with Gasteiger partial charge in [-0.05, 0) is 30.5 Å². The van der Waals surface area contributed by atoms with Crippen LogP contribution in [-0.2, 0) is 12.8 Å². The lowest BCUT2D eigenvalue weighted by Crippen LogP contribution is -2.13. The lowest BCUT2D eigenvalue weighted by Gasteiger charge is -2.09. The highest BCUT2D eigenvalue weighted by Crippen LogP contribution is 2.26. The van der Waals surface area contributed by atoms with E-state index in [4.69, 9.17) is 9.47 Å². The fraction of sp³-hybridized carbons (Fsp3) is 0.250. The molecule has 1 amide bonds. The molecular formula is C20H21N3O3S. The Kier molecular flexibility index (Phi) is 6.38. The Morgan fingerprint density at radius 2 is 1.85 bits per heavy atom. The van der Waals surface area contributed by atoms with Crippen molar-refractivity contribution < 1.29 is 14.3 Å². The minimum absolute atomic E-state index is 0.290. The molecule has 0 unspecified atom stereocenters. The van der Waals surface area contributed by atoms with E-state index < -0.39 is 0 Å². The van der Waals surface area contributed by atoms with Gasteiger partial charge in [-0.2, -0.15) is 0 Å². The number of methoxy groups -OCH3 is 2. The van der Waals surface area contributed by atoms with Crippen LogP contribution in [0.1, 0.15) is 27.3 Å². The molecule has 3 rings (SSSR count). The van der Waals surface area contributed by atoms with Crippen LogP contribution < -0.4 is 14.8 Å². The van der Waals surface area contributed by atoms with E-state index in [9.17, 15) is 4.79 Å². The Hall–Kier alpha value is -2.93. The molecule has 0 fully saturated rings. The lowest BCUT2D eigenvalue weighted by atomic mass is 10.1. The van der Waals surface area contributed by atoms with E-state index in [0.29, 0.717) is 22.2 Å². The average molecular weight is 383 g/mol. The van der Waals surface area contributed by atoms with Gasteiger partial charge in [0.1, 0.15) is 16.5 Å². The molecule has 1 aromatic heterocycles. The van der Waals surface area contributed by atoms with Crippen LogP contribution in [0.5, 0.6) is 11.5 Å². The van der Waals surface area contributed by atoms with Gasteiger partial charge < -0.3 is 9.47 Å². The third-order valence-corrected chi connectivity index (χ3v) is 4.94. The van der Waals surface area contributed by atoms with Crippen LogP contribution in [0.15, 0.2) is 48.5 Å². The molecule has 0 aliphatic heterocycles. The fourth-order valence-electron chi connectivity index (χ4n) is 2.64. The van der Waals surface area contributed by atoms with E-state index in [1.807, 2.05) is 18.2 Å². The van der Waals surface area contributed by atoms with E-state index in [2.05, 4.69) is 27.6 Å². The highest BCUT2D eigenvalue weighted by Gasteiger charge is 2.15. The van der Waals surface area contributed by atoms with Crippen molar-refractivity contribution in [3.63, 3.8) is 0 Å². The summed E-state index contributed by atoms with van der Waals surface area (Å²) in [4.78, 5) is 12.5. The zero-order valence-corrected chi connectivity index (χ0v) is 16.1. The van der Waals surface area contributed by atoms with Crippen molar-refractivity contribution in [1.82, 2.24) is 10.2 Å². The van der Waals surface area contributed by atoms with Crippen LogP contribution in [-0.4, -0.2) is 30.3 Å². The molecule has 0 spiro atoms. The number of hydrogen-bond acceptors (Lipinski definition) is 6. The van der Waals surface area contributed by atoms with Crippen molar-refractivity contribution in [2.75, 3.05) is 19.5 Å². The smallest absolute Gasteiger partial charge is 0.261 e. The summed E-state index contributed by atoms with van der Waals surface area (Å²) in [6.45, 7) is 0. The average Bonchev–Trinajstić information content (AvgIpc) is 3.15. The molecule has 3 aromatic rings. The maximum absolute atomic E-state index is 12.5. The second-order valence-corrected chi connectivity index (χ2v) is 6.92. The van der Waals surface area contributed by atoms with Crippen molar-refractivity contribution in [2.45, 2.75) is 19.3 Å². The SMILES string of the molecule is COc1ccc(C(=O)Nc2nnc(CCCc3ccccc3)s2)c(OC)c1. The fourth-order valence-corrected chi connectivity index (χ4v) is 3.42. The van der Waals surface area contributed by atoms with E-state index in [1.165, 1.54) is 24.0 Å². The molecule has 1 heterocycles. The van der Waals surface area contributed by atoms with Gasteiger partial charge in [-0.25, -0.2) is 0 Å². The molecule has 0 radical (unpaired) electrons. The number of aryl methyl sites for hydroxylation is 2. The first-order chi connectivity index (χ1) is 13.2. The van der Waals surface area contributed by atoms with Gasteiger partial charge in [0.25, 0.3) is 5.91 Å². The number of carbonyl (C=O) groups is 1. The topological polar surface area (TPSA) is 73.3 Å². The number of amides is 1. The highest BCUT2D eigenvalue weighted by molar-refractivity contribution is 7.15. The minimum Gasteiger partial charge on any atom is -0.497 e. The minimum atomic E-state index is -0.290. The number of nitrogens with zero attached hydrogens (tertiary/aromatic N) is 2. The molecule has 0 aliphatic rings. The van der Waals surface area contributed by atoms with E-state index in [1.54, 1.807) is 25.3 Å². The van der Waals surface area contributed by atoms with Crippen LogP contribution in [0.3, 0.4) is 0 Å². The molecule has 27 heavy (non-hydrogen) atoms. The monoisotopic (exact) mass is 383 g/mol. The first kappa shape index (κ1) is 18.8. The molecular weight excluding hydrogens is 362 g/mol. The third kappa shape index (κ3) is 5.04. The Bertz CT molecular complexity index is 896. The summed E-state index contributed by atoms with van der Waals surface area (Å²) in [5.74, 6) is 0.779. The summed E-state index contributed by atoms with van der Waals surface area (Å²) in [6.07, 6.45) is 2.80. The third-order valence-electron chi connectivity index (χ3n) is 4.04. The number of carbonyl (C=O) groups excluding carboxylic acids is 1. The summed E-state index contributed by atoms with van der Waals surface area (Å²) < 4.78 is 10.4. The molecule has 6 nitrogen and oxygen atoms in total. The van der Waals surface area contributed by atoms with Gasteiger partial charge >= 0.3 is 0 Å². The predicted molar refractivity (Wildman–Crippen MR) is 106 cm³/mol. The first-order valence-electron chi connectivity index (χ1n) is 8.59. The molecule has 0 atom stereocenters. The predicted octanol–water partition coefficient (Wildman–Crippen LogP) is 3.98. The molecule has 0 saturated carbocycles. The van der Waals surface area contributed by atoms with E-state index in [0.717, 1.165) is 24.3 Å². The summed E-state index contributed by atoms with van der Waals surface area (Å²) in [5.41, 5.74) is 1.72. The largest absolute Gasteiger partial charge is 0.497 e. The van der Waals surface area contributed by atoms with Gasteiger partial charge in [0.2, 0.25) is 5.13 Å². The standard InChI is InChI=1S/C20H21N3O3S/c1-25-15-11-12-16(17(13-15)26-2)19(24)21-20-23-22-18(27-20)10-6-9-14-7-4-3-5-8-14/h3-5,7-8,11-13H,6,9-10H2,1-2H3,(H,21,23,24). The van der Waals surface area contributed by atoms with Crippen LogP contribution in [0, 0.1) is 0 Å². The molecule has 1 N–H and O–H groups in total. The molecule has 140 valence electrons. The maximum Gasteiger partial charge on any atom is 0.261 e. The molecule has 0 bridgehead atoms. The summed E-state index contributed by atoms with van der Waals surface area (Å²) >= 11 is 1.39. The van der Waals surface area contributed by atoms with Gasteiger partial charge in [0.05, 0.1) is 19.8 Å². The van der Waals surface area contributed by atoms with Crippen molar-refractivity contribution in [2.24, 2.45) is 0 Å². The van der Waals surface area contributed by atoms with Crippen LogP contribution >= 0.6 is 11.3 Å². The number of benzene rings is 2. The zero-order valence-electron chi connectivity index (χ0n) is 15.3. The van der Waals surface area contributed by atoms with Crippen molar-refractivity contribution in [1.29, 1.82) is 0 Å². The van der Waals surface area contributed by atoms with Crippen LogP contribution in [0.25, 0.3) is 0 Å². The number of hydrogen-bond donors (Lipinski definition) is 1. The maximum atomic E-state index is 12.5. The van der Waals surface area contributed by atoms with Crippen molar-refractivity contribution in [3.8, 4) is 11.5 Å².